The zero-order valence-corrected chi connectivity index (χ0v) is 14.7. The minimum absolute atomic E-state index is 0.0499. The van der Waals surface area contributed by atoms with E-state index in [1.807, 2.05) is 0 Å². The predicted octanol–water partition coefficient (Wildman–Crippen LogP) is 2.79. The second kappa shape index (κ2) is 8.94. The normalized spacial score (nSPS) is 13.5. The van der Waals surface area contributed by atoms with Gasteiger partial charge in [-0.3, -0.25) is 0 Å². The maximum absolute atomic E-state index is 12.3. The van der Waals surface area contributed by atoms with Gasteiger partial charge >= 0.3 is 11.9 Å². The molecule has 0 saturated carbocycles. The monoisotopic (exact) mass is 363 g/mol. The molecule has 0 saturated heterocycles. The molecule has 1 aliphatic heterocycles. The highest BCUT2D eigenvalue weighted by Crippen LogP contribution is 2.28. The Labute approximate surface area is 150 Å². The molecule has 0 spiro atoms. The Bertz CT molecular complexity index is 739. The second-order valence-corrected chi connectivity index (χ2v) is 5.23. The molecule has 0 fully saturated rings. The first-order valence-corrected chi connectivity index (χ1v) is 7.99. The van der Waals surface area contributed by atoms with Crippen LogP contribution in [0.1, 0.15) is 0 Å². The number of benzene rings is 1. The van der Waals surface area contributed by atoms with E-state index in [1.165, 1.54) is 20.3 Å². The molecule has 0 N–H and O–H groups in total. The third kappa shape index (κ3) is 4.42. The molecular weight excluding hydrogens is 346 g/mol. The molecule has 1 aromatic rings. The second-order valence-electron chi connectivity index (χ2n) is 4.85. The van der Waals surface area contributed by atoms with Gasteiger partial charge in [0.25, 0.3) is 0 Å². The summed E-state index contributed by atoms with van der Waals surface area (Å²) in [5.74, 6) is -0.353. The summed E-state index contributed by atoms with van der Waals surface area (Å²) in [7, 11) is 2.50. The molecular formula is C18H18ClNO5. The number of halogens is 1. The van der Waals surface area contributed by atoms with E-state index in [4.69, 9.17) is 25.8 Å². The lowest BCUT2D eigenvalue weighted by atomic mass is 10.1. The fourth-order valence-corrected chi connectivity index (χ4v) is 2.32. The number of esters is 2. The van der Waals surface area contributed by atoms with Gasteiger partial charge in [0.1, 0.15) is 18.1 Å². The number of methoxy groups -OCH3 is 2. The van der Waals surface area contributed by atoms with E-state index < -0.39 is 11.9 Å². The summed E-state index contributed by atoms with van der Waals surface area (Å²) >= 11 is 5.64. The van der Waals surface area contributed by atoms with Gasteiger partial charge in [-0.25, -0.2) is 9.59 Å². The Kier molecular flexibility index (Phi) is 6.65. The molecule has 7 heteroatoms. The Hall–Kier alpha value is -2.73. The van der Waals surface area contributed by atoms with Gasteiger partial charge in [-0.2, -0.15) is 0 Å². The Morgan fingerprint density at radius 1 is 1.12 bits per heavy atom. The quantitative estimate of drug-likeness (QED) is 0.572. The summed E-state index contributed by atoms with van der Waals surface area (Å²) in [5, 5.41) is 0. The van der Waals surface area contributed by atoms with Gasteiger partial charge in [0.15, 0.2) is 0 Å². The van der Waals surface area contributed by atoms with Crippen LogP contribution < -0.4 is 9.64 Å². The lowest BCUT2D eigenvalue weighted by Crippen LogP contribution is -2.26. The number of hydrogen-bond acceptors (Lipinski definition) is 6. The number of allylic oxidation sites excluding steroid dienone is 2. The van der Waals surface area contributed by atoms with E-state index >= 15 is 0 Å². The summed E-state index contributed by atoms with van der Waals surface area (Å²) < 4.78 is 15.1. The zero-order chi connectivity index (χ0) is 18.2. The lowest BCUT2D eigenvalue weighted by molar-refractivity contribution is -0.139. The predicted molar refractivity (Wildman–Crippen MR) is 94.5 cm³/mol. The summed E-state index contributed by atoms with van der Waals surface area (Å²) in [6.45, 7) is 0.357. The van der Waals surface area contributed by atoms with Crippen LogP contribution in [0.2, 0.25) is 0 Å². The van der Waals surface area contributed by atoms with Crippen molar-refractivity contribution >= 4 is 29.2 Å². The smallest absolute Gasteiger partial charge is 0.355 e. The van der Waals surface area contributed by atoms with Crippen molar-refractivity contribution in [2.75, 3.05) is 31.6 Å². The number of ether oxygens (including phenoxy) is 3. The van der Waals surface area contributed by atoms with Gasteiger partial charge in [0, 0.05) is 18.0 Å². The van der Waals surface area contributed by atoms with E-state index in [0.717, 1.165) is 0 Å². The topological polar surface area (TPSA) is 65.1 Å². The molecule has 1 heterocycles. The van der Waals surface area contributed by atoms with Crippen LogP contribution in [0, 0.1) is 0 Å². The summed E-state index contributed by atoms with van der Waals surface area (Å²) in [5.41, 5.74) is 0.758. The third-order valence-corrected chi connectivity index (χ3v) is 3.49. The fraction of sp³-hybridized carbons (Fsp3) is 0.222. The minimum atomic E-state index is -0.663. The number of anilines is 1. The molecule has 6 nitrogen and oxygen atoms in total. The molecule has 2 rings (SSSR count). The molecule has 0 aromatic heterocycles. The first kappa shape index (κ1) is 18.6. The van der Waals surface area contributed by atoms with Crippen LogP contribution in [0.25, 0.3) is 0 Å². The third-order valence-electron chi connectivity index (χ3n) is 3.33. The molecule has 0 amide bonds. The van der Waals surface area contributed by atoms with Gasteiger partial charge in [-0.15, -0.1) is 11.6 Å². The van der Waals surface area contributed by atoms with Crippen LogP contribution in [-0.2, 0) is 19.1 Å². The summed E-state index contributed by atoms with van der Waals surface area (Å²) in [6, 6.07) is 7.07. The first-order chi connectivity index (χ1) is 12.1. The lowest BCUT2D eigenvalue weighted by Gasteiger charge is -2.23. The number of carbonyl (C=O) groups excluding carboxylic acids is 2. The van der Waals surface area contributed by atoms with E-state index in [-0.39, 0.29) is 11.3 Å². The van der Waals surface area contributed by atoms with Crippen molar-refractivity contribution in [1.82, 2.24) is 0 Å². The van der Waals surface area contributed by atoms with Crippen molar-refractivity contribution in [3.63, 3.8) is 0 Å². The van der Waals surface area contributed by atoms with Crippen LogP contribution in [0.3, 0.4) is 0 Å². The highest BCUT2D eigenvalue weighted by molar-refractivity contribution is 6.18. The largest absolute Gasteiger partial charge is 0.492 e. The van der Waals surface area contributed by atoms with Crippen molar-refractivity contribution < 1.29 is 23.8 Å². The SMILES string of the molecule is COC(=O)C1=C(C(=O)OC)N(c2cccc(OCCCl)c2)C=CC=C1. The van der Waals surface area contributed by atoms with E-state index in [2.05, 4.69) is 0 Å². The van der Waals surface area contributed by atoms with Crippen LogP contribution in [0.5, 0.6) is 5.75 Å². The number of carbonyl (C=O) groups is 2. The fourth-order valence-electron chi connectivity index (χ4n) is 2.25. The van der Waals surface area contributed by atoms with E-state index in [9.17, 15) is 9.59 Å². The Morgan fingerprint density at radius 2 is 1.88 bits per heavy atom. The molecule has 0 bridgehead atoms. The van der Waals surface area contributed by atoms with Gasteiger partial charge in [0.2, 0.25) is 0 Å². The molecule has 0 unspecified atom stereocenters. The highest BCUT2D eigenvalue weighted by Gasteiger charge is 2.27. The van der Waals surface area contributed by atoms with Gasteiger partial charge in [-0.05, 0) is 24.3 Å². The van der Waals surface area contributed by atoms with Crippen LogP contribution in [0.15, 0.2) is 60.0 Å². The molecule has 132 valence electrons. The van der Waals surface area contributed by atoms with Gasteiger partial charge in [-0.1, -0.05) is 12.1 Å². The van der Waals surface area contributed by atoms with Crippen LogP contribution >= 0.6 is 11.6 Å². The van der Waals surface area contributed by atoms with Crippen LogP contribution in [-0.4, -0.2) is 38.6 Å². The van der Waals surface area contributed by atoms with Crippen molar-refractivity contribution in [1.29, 1.82) is 0 Å². The Morgan fingerprint density at radius 3 is 2.56 bits per heavy atom. The van der Waals surface area contributed by atoms with E-state index in [1.54, 1.807) is 47.5 Å². The van der Waals surface area contributed by atoms with Crippen molar-refractivity contribution in [3.05, 3.63) is 60.0 Å². The Balaban J connectivity index is 2.53. The first-order valence-electron chi connectivity index (χ1n) is 7.46. The number of hydrogen-bond donors (Lipinski definition) is 0. The molecule has 0 atom stereocenters. The maximum Gasteiger partial charge on any atom is 0.355 e. The van der Waals surface area contributed by atoms with Crippen molar-refractivity contribution in [3.8, 4) is 5.75 Å². The molecule has 0 aliphatic carbocycles. The number of nitrogens with zero attached hydrogens (tertiary/aromatic N) is 1. The van der Waals surface area contributed by atoms with Gasteiger partial charge < -0.3 is 19.1 Å². The standard InChI is InChI=1S/C18H18ClNO5/c1-23-17(21)15-8-3-4-10-20(16(15)18(22)24-2)13-6-5-7-14(12-13)25-11-9-19/h3-8,10,12H,9,11H2,1-2H3. The molecule has 25 heavy (non-hydrogen) atoms. The maximum atomic E-state index is 12.3. The van der Waals surface area contributed by atoms with E-state index in [0.29, 0.717) is 23.9 Å². The van der Waals surface area contributed by atoms with Crippen molar-refractivity contribution in [2.24, 2.45) is 0 Å². The molecule has 1 aliphatic rings. The van der Waals surface area contributed by atoms with Crippen molar-refractivity contribution in [2.45, 2.75) is 0 Å². The average molecular weight is 364 g/mol. The minimum Gasteiger partial charge on any atom is -0.492 e. The molecule has 0 radical (unpaired) electrons. The zero-order valence-electron chi connectivity index (χ0n) is 13.9. The summed E-state index contributed by atoms with van der Waals surface area (Å²) in [6.07, 6.45) is 6.50. The average Bonchev–Trinajstić information content (AvgIpc) is 2.88. The highest BCUT2D eigenvalue weighted by atomic mass is 35.5. The van der Waals surface area contributed by atoms with Crippen LogP contribution in [0.4, 0.5) is 5.69 Å². The van der Waals surface area contributed by atoms with Gasteiger partial charge in [0.05, 0.1) is 25.7 Å². The number of rotatable bonds is 6. The number of alkyl halides is 1. The summed E-state index contributed by atoms with van der Waals surface area (Å²) in [4.78, 5) is 26.0. The molecule has 1 aromatic carbocycles.